The van der Waals surface area contributed by atoms with Crippen LogP contribution in [0.1, 0.15) is 39.2 Å². The second kappa shape index (κ2) is 9.91. The number of hydrogen-bond acceptors (Lipinski definition) is 3. The van der Waals surface area contributed by atoms with Crippen LogP contribution in [0.25, 0.3) is 22.2 Å². The molecule has 3 nitrogen and oxygen atoms in total. The van der Waals surface area contributed by atoms with Gasteiger partial charge in [0.15, 0.2) is 0 Å². The number of nitrogens with one attached hydrogen (secondary N) is 1. The predicted molar refractivity (Wildman–Crippen MR) is 130 cm³/mol. The van der Waals surface area contributed by atoms with Crippen molar-refractivity contribution in [3.05, 3.63) is 66.2 Å². The van der Waals surface area contributed by atoms with Crippen molar-refractivity contribution in [2.45, 2.75) is 51.6 Å². The van der Waals surface area contributed by atoms with Crippen LogP contribution in [0.2, 0.25) is 0 Å². The highest BCUT2D eigenvalue weighted by molar-refractivity contribution is 5.85. The number of hydrogen-bond donors (Lipinski definition) is 1. The van der Waals surface area contributed by atoms with Crippen LogP contribution in [-0.2, 0) is 6.42 Å². The molecule has 2 aromatic carbocycles. The molecular formula is C26H34ClN3. The van der Waals surface area contributed by atoms with Crippen molar-refractivity contribution < 1.29 is 0 Å². The van der Waals surface area contributed by atoms with Gasteiger partial charge in [0, 0.05) is 29.1 Å². The SMILES string of the molecule is CC(C)(C)NC1CCN(CCc2cc(-c3ccccc3)nc3ccccc23)CC1.Cl. The fourth-order valence-corrected chi connectivity index (χ4v) is 4.40. The van der Waals surface area contributed by atoms with E-state index in [9.17, 15) is 0 Å². The second-order valence-corrected chi connectivity index (χ2v) is 9.31. The number of aromatic nitrogens is 1. The van der Waals surface area contributed by atoms with Gasteiger partial charge in [-0.25, -0.2) is 4.98 Å². The zero-order valence-corrected chi connectivity index (χ0v) is 19.2. The summed E-state index contributed by atoms with van der Waals surface area (Å²) in [6.45, 7) is 10.3. The van der Waals surface area contributed by atoms with Gasteiger partial charge in [-0.1, -0.05) is 48.5 Å². The topological polar surface area (TPSA) is 28.2 Å². The highest BCUT2D eigenvalue weighted by Crippen LogP contribution is 2.25. The lowest BCUT2D eigenvalue weighted by atomic mass is 9.98. The van der Waals surface area contributed by atoms with E-state index in [2.05, 4.69) is 91.7 Å². The third kappa shape index (κ3) is 5.81. The van der Waals surface area contributed by atoms with Crippen molar-refractivity contribution in [2.24, 2.45) is 0 Å². The molecule has 2 heterocycles. The van der Waals surface area contributed by atoms with Crippen molar-refractivity contribution in [2.75, 3.05) is 19.6 Å². The summed E-state index contributed by atoms with van der Waals surface area (Å²) in [5, 5.41) is 5.06. The van der Waals surface area contributed by atoms with Gasteiger partial charge in [-0.2, -0.15) is 0 Å². The first-order chi connectivity index (χ1) is 14.0. The lowest BCUT2D eigenvalue weighted by Gasteiger charge is -2.36. The van der Waals surface area contributed by atoms with Gasteiger partial charge >= 0.3 is 0 Å². The maximum atomic E-state index is 4.92. The summed E-state index contributed by atoms with van der Waals surface area (Å²) >= 11 is 0. The molecule has 0 amide bonds. The summed E-state index contributed by atoms with van der Waals surface area (Å²) in [6.07, 6.45) is 3.55. The van der Waals surface area contributed by atoms with E-state index in [-0.39, 0.29) is 17.9 Å². The van der Waals surface area contributed by atoms with Crippen LogP contribution >= 0.6 is 12.4 Å². The Morgan fingerprint density at radius 3 is 2.33 bits per heavy atom. The highest BCUT2D eigenvalue weighted by atomic mass is 35.5. The van der Waals surface area contributed by atoms with Gasteiger partial charge in [-0.15, -0.1) is 12.4 Å². The Hall–Kier alpha value is -1.94. The fraction of sp³-hybridized carbons (Fsp3) is 0.423. The molecule has 1 saturated heterocycles. The summed E-state index contributed by atoms with van der Waals surface area (Å²) in [4.78, 5) is 7.55. The van der Waals surface area contributed by atoms with Gasteiger partial charge in [0.1, 0.15) is 0 Å². The molecule has 0 unspecified atom stereocenters. The smallest absolute Gasteiger partial charge is 0.0712 e. The standard InChI is InChI=1S/C26H33N3.ClH/c1-26(2,3)28-22-14-17-29(18-15-22)16-13-21-19-25(20-9-5-4-6-10-20)27-24-12-8-7-11-23(21)24;/h4-12,19,22,28H,13-18H2,1-3H3;1H. The molecule has 3 aromatic rings. The van der Waals surface area contributed by atoms with E-state index in [4.69, 9.17) is 4.98 Å². The molecule has 4 heteroatoms. The number of pyridine rings is 1. The minimum Gasteiger partial charge on any atom is -0.309 e. The third-order valence-electron chi connectivity index (χ3n) is 5.79. The van der Waals surface area contributed by atoms with E-state index in [1.807, 2.05) is 0 Å². The van der Waals surface area contributed by atoms with Gasteiger partial charge in [-0.3, -0.25) is 0 Å². The van der Waals surface area contributed by atoms with Crippen LogP contribution in [-0.4, -0.2) is 41.1 Å². The Morgan fingerprint density at radius 1 is 0.967 bits per heavy atom. The Bertz CT molecular complexity index is 941. The highest BCUT2D eigenvalue weighted by Gasteiger charge is 2.22. The molecule has 160 valence electrons. The van der Waals surface area contributed by atoms with E-state index in [1.165, 1.54) is 42.4 Å². The van der Waals surface area contributed by atoms with Crippen LogP contribution in [0.4, 0.5) is 0 Å². The molecular weight excluding hydrogens is 390 g/mol. The van der Waals surface area contributed by atoms with Crippen LogP contribution in [0, 0.1) is 0 Å². The van der Waals surface area contributed by atoms with Crippen LogP contribution in [0.5, 0.6) is 0 Å². The minimum atomic E-state index is 0. The molecule has 1 aromatic heterocycles. The van der Waals surface area contributed by atoms with Gasteiger partial charge in [-0.05, 0) is 70.8 Å². The fourth-order valence-electron chi connectivity index (χ4n) is 4.40. The lowest BCUT2D eigenvalue weighted by molar-refractivity contribution is 0.183. The maximum absolute atomic E-state index is 4.92. The molecule has 4 rings (SSSR count). The minimum absolute atomic E-state index is 0. The summed E-state index contributed by atoms with van der Waals surface area (Å²) in [5.74, 6) is 0. The monoisotopic (exact) mass is 423 g/mol. The van der Waals surface area contributed by atoms with E-state index >= 15 is 0 Å². The molecule has 1 N–H and O–H groups in total. The molecule has 0 aliphatic carbocycles. The zero-order valence-electron chi connectivity index (χ0n) is 18.4. The molecule has 0 radical (unpaired) electrons. The molecule has 0 atom stereocenters. The van der Waals surface area contributed by atoms with Crippen LogP contribution < -0.4 is 5.32 Å². The van der Waals surface area contributed by atoms with Crippen molar-refractivity contribution in [3.63, 3.8) is 0 Å². The maximum Gasteiger partial charge on any atom is 0.0712 e. The summed E-state index contributed by atoms with van der Waals surface area (Å²) in [6, 6.07) is 22.0. The van der Waals surface area contributed by atoms with Crippen molar-refractivity contribution in [1.29, 1.82) is 0 Å². The molecule has 1 aliphatic heterocycles. The number of piperidine rings is 1. The molecule has 0 saturated carbocycles. The summed E-state index contributed by atoms with van der Waals surface area (Å²) in [5.41, 5.74) is 4.97. The van der Waals surface area contributed by atoms with Crippen LogP contribution in [0.3, 0.4) is 0 Å². The van der Waals surface area contributed by atoms with E-state index in [1.54, 1.807) is 0 Å². The lowest BCUT2D eigenvalue weighted by Crippen LogP contribution is -2.49. The molecule has 1 fully saturated rings. The van der Waals surface area contributed by atoms with E-state index < -0.39 is 0 Å². The zero-order chi connectivity index (χ0) is 20.3. The number of benzene rings is 2. The van der Waals surface area contributed by atoms with Crippen molar-refractivity contribution in [1.82, 2.24) is 15.2 Å². The Balaban J connectivity index is 0.00000256. The number of nitrogens with zero attached hydrogens (tertiary/aromatic N) is 2. The Labute approximate surface area is 187 Å². The Kier molecular flexibility index (Phi) is 7.51. The predicted octanol–water partition coefficient (Wildman–Crippen LogP) is 5.72. The number of para-hydroxylation sites is 1. The average molecular weight is 424 g/mol. The first kappa shape index (κ1) is 22.7. The van der Waals surface area contributed by atoms with Crippen molar-refractivity contribution >= 4 is 23.3 Å². The molecule has 30 heavy (non-hydrogen) atoms. The number of halogens is 1. The third-order valence-corrected chi connectivity index (χ3v) is 5.79. The summed E-state index contributed by atoms with van der Waals surface area (Å²) in [7, 11) is 0. The average Bonchev–Trinajstić information content (AvgIpc) is 2.72. The van der Waals surface area contributed by atoms with Gasteiger partial charge in [0.2, 0.25) is 0 Å². The Morgan fingerprint density at radius 2 is 1.63 bits per heavy atom. The molecule has 1 aliphatic rings. The normalized spacial score (nSPS) is 15.8. The van der Waals surface area contributed by atoms with E-state index in [0.29, 0.717) is 6.04 Å². The molecule has 0 bridgehead atoms. The van der Waals surface area contributed by atoms with Gasteiger partial charge < -0.3 is 10.2 Å². The van der Waals surface area contributed by atoms with Crippen LogP contribution in [0.15, 0.2) is 60.7 Å². The van der Waals surface area contributed by atoms with E-state index in [0.717, 1.165) is 24.2 Å². The second-order valence-electron chi connectivity index (χ2n) is 9.31. The quantitative estimate of drug-likeness (QED) is 0.568. The summed E-state index contributed by atoms with van der Waals surface area (Å²) < 4.78 is 0. The largest absolute Gasteiger partial charge is 0.309 e. The van der Waals surface area contributed by atoms with Gasteiger partial charge in [0.05, 0.1) is 11.2 Å². The van der Waals surface area contributed by atoms with Gasteiger partial charge in [0.25, 0.3) is 0 Å². The number of likely N-dealkylation sites (tertiary alicyclic amines) is 1. The number of rotatable bonds is 5. The van der Waals surface area contributed by atoms with Crippen molar-refractivity contribution in [3.8, 4) is 11.3 Å². The first-order valence-electron chi connectivity index (χ1n) is 10.9. The first-order valence-corrected chi connectivity index (χ1v) is 10.9. The number of fused-ring (bicyclic) bond motifs is 1. The molecule has 0 spiro atoms.